The number of fused-ring (bicyclic) bond motifs is 1. The maximum Gasteiger partial charge on any atom is 0.409 e. The van der Waals surface area contributed by atoms with Gasteiger partial charge in [-0.2, -0.15) is 26.3 Å². The molecular formula is C11H5F6NO3. The van der Waals surface area contributed by atoms with Gasteiger partial charge < -0.3 is 9.52 Å². The maximum atomic E-state index is 12.5. The fourth-order valence-electron chi connectivity index (χ4n) is 1.67. The minimum atomic E-state index is -5.63. The zero-order valence-corrected chi connectivity index (χ0v) is 9.79. The van der Waals surface area contributed by atoms with Gasteiger partial charge in [-0.15, -0.1) is 0 Å². The number of carbonyl (C=O) groups is 1. The second-order valence-corrected chi connectivity index (χ2v) is 4.06. The summed E-state index contributed by atoms with van der Waals surface area (Å²) < 4.78 is 79.6. The van der Waals surface area contributed by atoms with E-state index in [0.29, 0.717) is 0 Å². The van der Waals surface area contributed by atoms with Crippen LogP contribution in [0, 0.1) is 0 Å². The standard InChI is InChI=1S/C11H5F6NO3/c12-10(13,14)7(11(15,16)17)8-18-5-3-4(9(19)20)1-2-6(5)21-8/h1-3,7H,(H,19,20). The lowest BCUT2D eigenvalue weighted by Crippen LogP contribution is -2.34. The summed E-state index contributed by atoms with van der Waals surface area (Å²) in [4.78, 5) is 13.8. The van der Waals surface area contributed by atoms with Gasteiger partial charge in [-0.1, -0.05) is 0 Å². The molecule has 114 valence electrons. The zero-order chi connectivity index (χ0) is 16.0. The van der Waals surface area contributed by atoms with Crippen molar-refractivity contribution in [3.8, 4) is 0 Å². The molecule has 0 unspecified atom stereocenters. The van der Waals surface area contributed by atoms with Crippen LogP contribution >= 0.6 is 0 Å². The molecule has 2 rings (SSSR count). The molecule has 2 aromatic rings. The number of carboxylic acid groups (broad SMARTS) is 1. The molecule has 0 aliphatic carbocycles. The first-order valence-electron chi connectivity index (χ1n) is 5.27. The summed E-state index contributed by atoms with van der Waals surface area (Å²) >= 11 is 0. The highest BCUT2D eigenvalue weighted by atomic mass is 19.4. The van der Waals surface area contributed by atoms with Gasteiger partial charge in [0.15, 0.2) is 5.58 Å². The fraction of sp³-hybridized carbons (Fsp3) is 0.273. The van der Waals surface area contributed by atoms with Crippen LogP contribution in [0.3, 0.4) is 0 Å². The van der Waals surface area contributed by atoms with E-state index in [9.17, 15) is 31.1 Å². The molecule has 0 aliphatic heterocycles. The third-order valence-electron chi connectivity index (χ3n) is 2.55. The van der Waals surface area contributed by atoms with Crippen molar-refractivity contribution in [3.05, 3.63) is 29.7 Å². The van der Waals surface area contributed by atoms with Gasteiger partial charge in [0, 0.05) is 0 Å². The summed E-state index contributed by atoms with van der Waals surface area (Å²) in [5, 5.41) is 8.70. The van der Waals surface area contributed by atoms with E-state index >= 15 is 0 Å². The van der Waals surface area contributed by atoms with Crippen LogP contribution < -0.4 is 0 Å². The molecule has 21 heavy (non-hydrogen) atoms. The van der Waals surface area contributed by atoms with E-state index in [1.165, 1.54) is 0 Å². The van der Waals surface area contributed by atoms with Crippen molar-refractivity contribution < 1.29 is 40.7 Å². The van der Waals surface area contributed by atoms with E-state index < -0.39 is 35.6 Å². The van der Waals surface area contributed by atoms with E-state index in [4.69, 9.17) is 5.11 Å². The number of carboxylic acids is 1. The predicted octanol–water partition coefficient (Wildman–Crippen LogP) is 3.73. The lowest BCUT2D eigenvalue weighted by molar-refractivity contribution is -0.258. The van der Waals surface area contributed by atoms with E-state index in [-0.39, 0.29) is 11.1 Å². The number of halogens is 6. The van der Waals surface area contributed by atoms with Crippen LogP contribution in [0.5, 0.6) is 0 Å². The molecule has 0 spiro atoms. The van der Waals surface area contributed by atoms with Crippen molar-refractivity contribution in [1.29, 1.82) is 0 Å². The molecule has 1 N–H and O–H groups in total. The average Bonchev–Trinajstić information content (AvgIpc) is 2.65. The van der Waals surface area contributed by atoms with Crippen molar-refractivity contribution in [3.63, 3.8) is 0 Å². The smallest absolute Gasteiger partial charge is 0.409 e. The molecule has 0 saturated carbocycles. The number of benzene rings is 1. The first kappa shape index (κ1) is 15.1. The second-order valence-electron chi connectivity index (χ2n) is 4.06. The Labute approximate surface area is 112 Å². The third kappa shape index (κ3) is 2.93. The number of hydrogen-bond donors (Lipinski definition) is 1. The second kappa shape index (κ2) is 4.64. The van der Waals surface area contributed by atoms with Gasteiger partial charge in [-0.25, -0.2) is 9.78 Å². The minimum absolute atomic E-state index is 0.335. The average molecular weight is 313 g/mol. The van der Waals surface area contributed by atoms with Crippen LogP contribution in [0.1, 0.15) is 22.2 Å². The van der Waals surface area contributed by atoms with Gasteiger partial charge in [0.05, 0.1) is 5.56 Å². The summed E-state index contributed by atoms with van der Waals surface area (Å²) in [5.74, 6) is -6.84. The SMILES string of the molecule is O=C(O)c1ccc2oc(C(C(F)(F)F)C(F)(F)F)nc2c1. The zero-order valence-electron chi connectivity index (χ0n) is 9.79. The Kier molecular flexibility index (Phi) is 3.34. The predicted molar refractivity (Wildman–Crippen MR) is 55.8 cm³/mol. The van der Waals surface area contributed by atoms with Crippen LogP contribution in [-0.4, -0.2) is 28.4 Å². The van der Waals surface area contributed by atoms with Crippen LogP contribution in [0.25, 0.3) is 11.1 Å². The highest BCUT2D eigenvalue weighted by molar-refractivity contribution is 5.91. The molecule has 0 saturated heterocycles. The molecule has 4 nitrogen and oxygen atoms in total. The lowest BCUT2D eigenvalue weighted by atomic mass is 10.1. The summed E-state index contributed by atoms with van der Waals surface area (Å²) in [6.45, 7) is 0. The molecular weight excluding hydrogens is 308 g/mol. The molecule has 0 radical (unpaired) electrons. The highest BCUT2D eigenvalue weighted by Crippen LogP contribution is 2.46. The largest absolute Gasteiger partial charge is 0.478 e. The van der Waals surface area contributed by atoms with E-state index in [1.807, 2.05) is 0 Å². The van der Waals surface area contributed by atoms with Gasteiger partial charge >= 0.3 is 18.3 Å². The Morgan fingerprint density at radius 1 is 1.14 bits per heavy atom. The van der Waals surface area contributed by atoms with Crippen molar-refractivity contribution in [2.75, 3.05) is 0 Å². The van der Waals surface area contributed by atoms with Crippen molar-refractivity contribution in [2.24, 2.45) is 0 Å². The number of nitrogens with zero attached hydrogens (tertiary/aromatic N) is 1. The normalized spacial score (nSPS) is 13.1. The monoisotopic (exact) mass is 313 g/mol. The Morgan fingerprint density at radius 2 is 1.71 bits per heavy atom. The summed E-state index contributed by atoms with van der Waals surface area (Å²) in [7, 11) is 0. The molecule has 1 aromatic carbocycles. The molecule has 0 fully saturated rings. The van der Waals surface area contributed by atoms with Crippen molar-refractivity contribution in [1.82, 2.24) is 4.98 Å². The van der Waals surface area contributed by atoms with Crippen LogP contribution in [0.2, 0.25) is 0 Å². The Bertz CT molecular complexity index is 673. The molecule has 0 aliphatic rings. The van der Waals surface area contributed by atoms with Gasteiger partial charge in [-0.05, 0) is 18.2 Å². The first-order chi connectivity index (χ1) is 9.50. The lowest BCUT2D eigenvalue weighted by Gasteiger charge is -2.19. The number of aromatic carboxylic acids is 1. The number of hydrogen-bond acceptors (Lipinski definition) is 3. The third-order valence-corrected chi connectivity index (χ3v) is 2.55. The van der Waals surface area contributed by atoms with Crippen molar-refractivity contribution >= 4 is 17.1 Å². The van der Waals surface area contributed by atoms with Crippen LogP contribution in [0.4, 0.5) is 26.3 Å². The van der Waals surface area contributed by atoms with E-state index in [1.54, 1.807) is 0 Å². The molecule has 10 heteroatoms. The summed E-state index contributed by atoms with van der Waals surface area (Å²) in [6.07, 6.45) is -11.3. The Morgan fingerprint density at radius 3 is 2.19 bits per heavy atom. The topological polar surface area (TPSA) is 63.3 Å². The summed E-state index contributed by atoms with van der Waals surface area (Å²) in [5.41, 5.74) is -1.10. The number of rotatable bonds is 2. The first-order valence-corrected chi connectivity index (χ1v) is 5.27. The summed E-state index contributed by atoms with van der Waals surface area (Å²) in [6, 6.07) is 2.75. The van der Waals surface area contributed by atoms with Crippen molar-refractivity contribution in [2.45, 2.75) is 18.3 Å². The molecule has 1 aromatic heterocycles. The minimum Gasteiger partial charge on any atom is -0.478 e. The molecule has 0 amide bonds. The maximum absolute atomic E-state index is 12.5. The number of alkyl halides is 6. The molecule has 1 heterocycles. The van der Waals surface area contributed by atoms with E-state index in [0.717, 1.165) is 18.2 Å². The van der Waals surface area contributed by atoms with Crippen LogP contribution in [0.15, 0.2) is 22.6 Å². The van der Waals surface area contributed by atoms with Gasteiger partial charge in [0.1, 0.15) is 5.52 Å². The highest BCUT2D eigenvalue weighted by Gasteiger charge is 2.60. The number of aromatic nitrogens is 1. The fourth-order valence-corrected chi connectivity index (χ4v) is 1.67. The van der Waals surface area contributed by atoms with Crippen LogP contribution in [-0.2, 0) is 0 Å². The van der Waals surface area contributed by atoms with Gasteiger partial charge in [0.2, 0.25) is 11.8 Å². The quantitative estimate of drug-likeness (QED) is 0.858. The molecule has 0 atom stereocenters. The van der Waals surface area contributed by atoms with Gasteiger partial charge in [-0.3, -0.25) is 0 Å². The Balaban J connectivity index is 2.57. The van der Waals surface area contributed by atoms with E-state index in [2.05, 4.69) is 9.40 Å². The van der Waals surface area contributed by atoms with Gasteiger partial charge in [0.25, 0.3) is 0 Å². The number of oxazole rings is 1. The molecule has 0 bridgehead atoms. The Hall–Kier alpha value is -2.26.